The molecule has 4 nitrogen and oxygen atoms in total. The fourth-order valence-electron chi connectivity index (χ4n) is 2.45. The largest absolute Gasteiger partial charge is 0.480 e. The Morgan fingerprint density at radius 3 is 2.19 bits per heavy atom. The van der Waals surface area contributed by atoms with Gasteiger partial charge in [-0.1, -0.05) is 6.92 Å². The molecular formula is C11H18ClNO3. The summed E-state index contributed by atoms with van der Waals surface area (Å²) in [6.45, 7) is 1.89. The van der Waals surface area contributed by atoms with Crippen LogP contribution in [0.15, 0.2) is 0 Å². The highest BCUT2D eigenvalue weighted by Crippen LogP contribution is 2.48. The van der Waals surface area contributed by atoms with Crippen LogP contribution in [0.1, 0.15) is 39.0 Å². The molecule has 0 aromatic heterocycles. The van der Waals surface area contributed by atoms with E-state index in [1.165, 1.54) is 0 Å². The second-order valence-corrected chi connectivity index (χ2v) is 5.15. The summed E-state index contributed by atoms with van der Waals surface area (Å²) < 4.78 is 0. The van der Waals surface area contributed by atoms with Crippen molar-refractivity contribution in [3.8, 4) is 0 Å². The number of hydrogen-bond donors (Lipinski definition) is 2. The summed E-state index contributed by atoms with van der Waals surface area (Å²) in [4.78, 5) is 22.5. The lowest BCUT2D eigenvalue weighted by molar-refractivity contribution is -0.163. The second-order valence-electron chi connectivity index (χ2n) is 4.62. The van der Waals surface area contributed by atoms with Crippen LogP contribution in [0.4, 0.5) is 0 Å². The van der Waals surface area contributed by atoms with Gasteiger partial charge in [0.05, 0.1) is 0 Å². The average molecular weight is 248 g/mol. The van der Waals surface area contributed by atoms with Crippen LogP contribution in [-0.2, 0) is 9.59 Å². The molecule has 0 radical (unpaired) electrons. The molecule has 2 bridgehead atoms. The Bertz CT molecular complexity index is 296. The predicted molar refractivity (Wildman–Crippen MR) is 61.5 cm³/mol. The first-order chi connectivity index (χ1) is 7.40. The lowest BCUT2D eigenvalue weighted by Crippen LogP contribution is -2.59. The van der Waals surface area contributed by atoms with Crippen molar-refractivity contribution < 1.29 is 14.7 Å². The van der Waals surface area contributed by atoms with Crippen LogP contribution in [0.25, 0.3) is 0 Å². The van der Waals surface area contributed by atoms with E-state index in [9.17, 15) is 9.59 Å². The molecule has 3 aliphatic carbocycles. The number of ketones is 1. The highest BCUT2D eigenvalue weighted by Gasteiger charge is 2.56. The third-order valence-electron chi connectivity index (χ3n) is 3.56. The molecule has 0 amide bonds. The Balaban J connectivity index is 0.000000386. The van der Waals surface area contributed by atoms with E-state index >= 15 is 0 Å². The summed E-state index contributed by atoms with van der Waals surface area (Å²) in [5.74, 6) is -0.403. The molecule has 0 aromatic carbocycles. The van der Waals surface area contributed by atoms with E-state index in [0.29, 0.717) is 25.7 Å². The van der Waals surface area contributed by atoms with E-state index in [4.69, 9.17) is 22.4 Å². The summed E-state index contributed by atoms with van der Waals surface area (Å²) in [5, 5.41) is 9.01. The zero-order valence-electron chi connectivity index (χ0n) is 9.46. The normalized spacial score (nSPS) is 36.6. The quantitative estimate of drug-likeness (QED) is 0.544. The van der Waals surface area contributed by atoms with Gasteiger partial charge in [-0.05, 0) is 25.7 Å². The number of carbonyl (C=O) groups is 2. The number of hydrogen-bond acceptors (Lipinski definition) is 3. The Kier molecular flexibility index (Phi) is 3.97. The minimum absolute atomic E-state index is 0.167. The molecule has 0 saturated heterocycles. The number of nitrogens with two attached hydrogens (primary N) is 1. The van der Waals surface area contributed by atoms with Crippen LogP contribution >= 0.6 is 11.6 Å². The van der Waals surface area contributed by atoms with Gasteiger partial charge in [-0.2, -0.15) is 0 Å². The van der Waals surface area contributed by atoms with Crippen LogP contribution in [0.2, 0.25) is 0 Å². The smallest absolute Gasteiger partial charge is 0.317 e. The molecule has 0 aromatic rings. The van der Waals surface area contributed by atoms with Gasteiger partial charge in [0.2, 0.25) is 0 Å². The van der Waals surface area contributed by atoms with Crippen molar-refractivity contribution >= 4 is 23.4 Å². The van der Waals surface area contributed by atoms with Gasteiger partial charge in [-0.15, -0.1) is 11.6 Å². The number of rotatable bonds is 1. The molecule has 3 saturated carbocycles. The maximum atomic E-state index is 11.6. The first kappa shape index (κ1) is 13.5. The van der Waals surface area contributed by atoms with Crippen LogP contribution in [0.5, 0.6) is 0 Å². The first-order valence-electron chi connectivity index (χ1n) is 5.52. The molecule has 16 heavy (non-hydrogen) atoms. The van der Waals surface area contributed by atoms with Crippen LogP contribution in [-0.4, -0.2) is 28.3 Å². The van der Waals surface area contributed by atoms with Crippen LogP contribution in [0, 0.1) is 5.41 Å². The van der Waals surface area contributed by atoms with Gasteiger partial charge < -0.3 is 10.8 Å². The van der Waals surface area contributed by atoms with Crippen molar-refractivity contribution in [3.05, 3.63) is 0 Å². The van der Waals surface area contributed by atoms with Gasteiger partial charge in [-0.25, -0.2) is 0 Å². The number of alkyl halides is 1. The Hall–Kier alpha value is -0.610. The molecular weight excluding hydrogens is 230 g/mol. The Morgan fingerprint density at radius 2 is 1.88 bits per heavy atom. The molecule has 0 aliphatic heterocycles. The van der Waals surface area contributed by atoms with E-state index in [-0.39, 0.29) is 12.2 Å². The van der Waals surface area contributed by atoms with Crippen LogP contribution < -0.4 is 5.73 Å². The maximum Gasteiger partial charge on any atom is 0.317 e. The predicted octanol–water partition coefficient (Wildman–Crippen LogP) is 1.55. The van der Waals surface area contributed by atoms with Crippen molar-refractivity contribution in [2.45, 2.75) is 44.6 Å². The molecule has 5 heteroatoms. The van der Waals surface area contributed by atoms with Crippen molar-refractivity contribution in [2.75, 3.05) is 5.88 Å². The number of fused-ring (bicyclic) bond motifs is 3. The van der Waals surface area contributed by atoms with Gasteiger partial charge in [0.15, 0.2) is 5.78 Å². The molecule has 92 valence electrons. The van der Waals surface area contributed by atoms with Gasteiger partial charge in [-0.3, -0.25) is 9.59 Å². The summed E-state index contributed by atoms with van der Waals surface area (Å²) >= 11 is 5.00. The lowest BCUT2D eigenvalue weighted by atomic mass is 9.57. The van der Waals surface area contributed by atoms with E-state index < -0.39 is 16.9 Å². The Morgan fingerprint density at radius 1 is 1.44 bits per heavy atom. The van der Waals surface area contributed by atoms with E-state index in [2.05, 4.69) is 0 Å². The summed E-state index contributed by atoms with van der Waals surface area (Å²) in [7, 11) is 0. The van der Waals surface area contributed by atoms with Crippen LogP contribution in [0.3, 0.4) is 0 Å². The standard InChI is InChI=1S/C9H13NO3.C2H5Cl/c10-8-1-3-9(4-2-8,7(12)13)6(11)5-8;1-2-3/h1-5,10H2,(H,12,13);2H2,1H3. The zero-order chi connectivity index (χ0) is 12.4. The second kappa shape index (κ2) is 4.72. The number of carboxylic acids is 1. The molecule has 3 rings (SSSR count). The topological polar surface area (TPSA) is 80.4 Å². The lowest BCUT2D eigenvalue weighted by Gasteiger charge is -2.47. The fourth-order valence-corrected chi connectivity index (χ4v) is 2.45. The summed E-state index contributed by atoms with van der Waals surface area (Å²) in [6.07, 6.45) is 2.45. The van der Waals surface area contributed by atoms with Crippen molar-refractivity contribution in [1.82, 2.24) is 0 Å². The van der Waals surface area contributed by atoms with Crippen molar-refractivity contribution in [1.29, 1.82) is 0 Å². The minimum atomic E-state index is -1.08. The minimum Gasteiger partial charge on any atom is -0.480 e. The number of carboxylic acid groups (broad SMARTS) is 1. The molecule has 3 aliphatic rings. The van der Waals surface area contributed by atoms with E-state index in [1.807, 2.05) is 6.92 Å². The Labute approximate surface area is 100 Å². The van der Waals surface area contributed by atoms with E-state index in [1.54, 1.807) is 0 Å². The fraction of sp³-hybridized carbons (Fsp3) is 0.818. The number of aliphatic carboxylic acids is 1. The molecule has 3 fully saturated rings. The van der Waals surface area contributed by atoms with Gasteiger partial charge in [0, 0.05) is 17.8 Å². The van der Waals surface area contributed by atoms with Crippen molar-refractivity contribution in [2.24, 2.45) is 11.1 Å². The third kappa shape index (κ3) is 2.23. The first-order valence-corrected chi connectivity index (χ1v) is 6.05. The number of Topliss-reactive ketones (excluding diaryl/α,β-unsaturated/α-hetero) is 1. The average Bonchev–Trinajstić information content (AvgIpc) is 2.18. The molecule has 3 N–H and O–H groups in total. The third-order valence-corrected chi connectivity index (χ3v) is 3.56. The van der Waals surface area contributed by atoms with E-state index in [0.717, 1.165) is 5.88 Å². The summed E-state index contributed by atoms with van der Waals surface area (Å²) in [5.41, 5.74) is 4.46. The molecule has 0 atom stereocenters. The highest BCUT2D eigenvalue weighted by molar-refractivity contribution is 6.17. The van der Waals surface area contributed by atoms with Crippen molar-refractivity contribution in [3.63, 3.8) is 0 Å². The maximum absolute atomic E-state index is 11.6. The molecule has 0 heterocycles. The highest BCUT2D eigenvalue weighted by atomic mass is 35.5. The zero-order valence-corrected chi connectivity index (χ0v) is 10.2. The summed E-state index contributed by atoms with van der Waals surface area (Å²) in [6, 6.07) is 0. The number of halogens is 1. The SMILES string of the molecule is CCCl.NC12CCC(C(=O)O)(CC1)C(=O)C2. The monoisotopic (exact) mass is 247 g/mol. The van der Waals surface area contributed by atoms with Gasteiger partial charge >= 0.3 is 5.97 Å². The molecule has 0 spiro atoms. The molecule has 0 unspecified atom stereocenters. The van der Waals surface area contributed by atoms with Gasteiger partial charge in [0.25, 0.3) is 0 Å². The number of carbonyl (C=O) groups excluding carboxylic acids is 1. The van der Waals surface area contributed by atoms with Gasteiger partial charge in [0.1, 0.15) is 5.41 Å².